The molecule has 0 aromatic heterocycles. The quantitative estimate of drug-likeness (QED) is 0.175. The van der Waals surface area contributed by atoms with Crippen LogP contribution in [0.5, 0.6) is 0 Å². The van der Waals surface area contributed by atoms with Gasteiger partial charge in [0, 0.05) is 6.61 Å². The molecule has 0 aromatic carbocycles. The number of hydrogen-bond acceptors (Lipinski definition) is 8. The minimum absolute atomic E-state index is 0.987. The van der Waals surface area contributed by atoms with Gasteiger partial charge < -0.3 is 29.2 Å². The lowest BCUT2D eigenvalue weighted by molar-refractivity contribution is -0.556. The standard InChI is InChI=1S/C29H18F26O8/c30-12-10(58)14(32)24(46,47)16(34,20(12,38)39)26(50,51)18(36,22(12,42)43)28(14,54)62-6-8(56)1-2-60-3-4-61-5-9(57)7-63-29(55)15(33)11(59)13(31)21(40,41)17(35,25(15,48)49)27(52,53)19(29,37)23(13,44)45/h8-9,56-57H,1-7H2. The molecule has 0 aromatic rings. The summed E-state index contributed by atoms with van der Waals surface area (Å²) in [5.74, 6) is -85.0. The normalized spacial score (nSPS) is 49.0. The van der Waals surface area contributed by atoms with Crippen molar-refractivity contribution in [3.63, 3.8) is 0 Å². The van der Waals surface area contributed by atoms with E-state index in [1.807, 2.05) is 0 Å². The van der Waals surface area contributed by atoms with Gasteiger partial charge in [0.05, 0.1) is 39.1 Å². The van der Waals surface area contributed by atoms with Crippen LogP contribution < -0.4 is 0 Å². The molecule has 0 spiro atoms. The molecule has 12 atom stereocenters. The van der Waals surface area contributed by atoms with Crippen molar-refractivity contribution in [3.8, 4) is 0 Å². The summed E-state index contributed by atoms with van der Waals surface area (Å²) in [6, 6.07) is 0. The Labute approximate surface area is 328 Å². The Bertz CT molecular complexity index is 1850. The summed E-state index contributed by atoms with van der Waals surface area (Å²) < 4.78 is 404. The van der Waals surface area contributed by atoms with Gasteiger partial charge in [-0.1, -0.05) is 0 Å². The number of ether oxygens (including phenoxy) is 4. The zero-order chi connectivity index (χ0) is 49.1. The van der Waals surface area contributed by atoms with Crippen molar-refractivity contribution in [3.05, 3.63) is 0 Å². The lowest BCUT2D eigenvalue weighted by Gasteiger charge is -2.71. The maximum atomic E-state index is 15.8. The summed E-state index contributed by atoms with van der Waals surface area (Å²) in [6.45, 7) is -9.75. The zero-order valence-electron chi connectivity index (χ0n) is 29.3. The molecule has 8 rings (SSSR count). The van der Waals surface area contributed by atoms with E-state index in [0.717, 1.165) is 0 Å². The van der Waals surface area contributed by atoms with E-state index in [0.29, 0.717) is 0 Å². The van der Waals surface area contributed by atoms with E-state index in [9.17, 15) is 108 Å². The van der Waals surface area contributed by atoms with Crippen LogP contribution in [-0.2, 0) is 28.5 Å². The average Bonchev–Trinajstić information content (AvgIpc) is 3.17. The minimum atomic E-state index is -7.88. The topological polar surface area (TPSA) is 112 Å². The fourth-order valence-electron chi connectivity index (χ4n) is 8.79. The highest BCUT2D eigenvalue weighted by atomic mass is 19.4. The minimum Gasteiger partial charge on any atom is -0.391 e. The largest absolute Gasteiger partial charge is 0.391 e. The molecule has 0 amide bonds. The number of alkyl halides is 26. The Morgan fingerprint density at radius 3 is 0.984 bits per heavy atom. The van der Waals surface area contributed by atoms with E-state index in [1.54, 1.807) is 0 Å². The fraction of sp³-hybridized carbons (Fsp3) is 0.931. The number of Topliss-reactive ketones (excluding diaryl/α,β-unsaturated/α-hetero) is 2. The zero-order valence-corrected chi connectivity index (χ0v) is 29.3. The maximum Gasteiger partial charge on any atom is 0.340 e. The summed E-state index contributed by atoms with van der Waals surface area (Å²) in [5, 5.41) is 19.6. The number of carbonyl (C=O) groups is 2. The van der Waals surface area contributed by atoms with Crippen molar-refractivity contribution in [1.29, 1.82) is 0 Å². The lowest BCUT2D eigenvalue weighted by atomic mass is 9.41. The van der Waals surface area contributed by atoms with Crippen LogP contribution in [0.2, 0.25) is 0 Å². The molecule has 8 aliphatic carbocycles. The molecule has 8 bridgehead atoms. The first-order valence-corrected chi connectivity index (χ1v) is 16.6. The van der Waals surface area contributed by atoms with Gasteiger partial charge in [-0.3, -0.25) is 9.59 Å². The van der Waals surface area contributed by atoms with Crippen LogP contribution in [0.1, 0.15) is 6.42 Å². The third kappa shape index (κ3) is 3.90. The molecule has 0 aliphatic heterocycles. The van der Waals surface area contributed by atoms with E-state index < -0.39 is 174 Å². The molecule has 0 heterocycles. The first kappa shape index (κ1) is 49.7. The number of ketones is 2. The predicted octanol–water partition coefficient (Wildman–Crippen LogP) is 5.46. The first-order chi connectivity index (χ1) is 27.8. The summed E-state index contributed by atoms with van der Waals surface area (Å²) in [7, 11) is 0. The van der Waals surface area contributed by atoms with Gasteiger partial charge in [0.2, 0.25) is 11.6 Å². The highest BCUT2D eigenvalue weighted by Gasteiger charge is 3.21. The maximum absolute atomic E-state index is 15.8. The fourth-order valence-corrected chi connectivity index (χ4v) is 8.79. The monoisotopic (exact) mass is 988 g/mol. The van der Waals surface area contributed by atoms with Crippen LogP contribution in [0.3, 0.4) is 0 Å². The average molecular weight is 988 g/mol. The summed E-state index contributed by atoms with van der Waals surface area (Å²) in [6.07, 6.45) is -6.92. The lowest BCUT2D eigenvalue weighted by Crippen LogP contribution is -3.07. The van der Waals surface area contributed by atoms with Crippen LogP contribution in [0.15, 0.2) is 0 Å². The van der Waals surface area contributed by atoms with Crippen molar-refractivity contribution < 1.29 is 153 Å². The molecule has 34 heteroatoms. The third-order valence-electron chi connectivity index (χ3n) is 12.2. The van der Waals surface area contributed by atoms with E-state index in [1.165, 1.54) is 0 Å². The van der Waals surface area contributed by atoms with E-state index >= 15 is 26.3 Å². The van der Waals surface area contributed by atoms with E-state index in [-0.39, 0.29) is 0 Å². The number of rotatable bonds is 14. The molecule has 2 N–H and O–H groups in total. The van der Waals surface area contributed by atoms with Crippen LogP contribution in [0.4, 0.5) is 114 Å². The smallest absolute Gasteiger partial charge is 0.340 e. The van der Waals surface area contributed by atoms with Crippen molar-refractivity contribution in [1.82, 2.24) is 0 Å². The first-order valence-electron chi connectivity index (χ1n) is 16.6. The Kier molecular flexibility index (Phi) is 9.65. The van der Waals surface area contributed by atoms with Gasteiger partial charge in [0.25, 0.3) is 11.3 Å². The Hall–Kier alpha value is -2.72. The number of halogens is 26. The molecule has 8 aliphatic rings. The van der Waals surface area contributed by atoms with Gasteiger partial charge in [-0.25, -0.2) is 43.9 Å². The molecule has 8 fully saturated rings. The highest BCUT2D eigenvalue weighted by Crippen LogP contribution is 2.87. The Balaban J connectivity index is 1.06. The molecule has 8 nitrogen and oxygen atoms in total. The highest BCUT2D eigenvalue weighted by molar-refractivity contribution is 6.05. The van der Waals surface area contributed by atoms with Crippen LogP contribution in [0, 0.1) is 0 Å². The van der Waals surface area contributed by atoms with Crippen molar-refractivity contribution >= 4 is 11.6 Å². The van der Waals surface area contributed by atoms with Gasteiger partial charge in [-0.2, -0.15) is 70.2 Å². The van der Waals surface area contributed by atoms with Crippen LogP contribution >= 0.6 is 0 Å². The van der Waals surface area contributed by atoms with Gasteiger partial charge >= 0.3 is 93.1 Å². The summed E-state index contributed by atoms with van der Waals surface area (Å²) >= 11 is 0. The van der Waals surface area contributed by atoms with Crippen LogP contribution in [-0.4, -0.2) is 178 Å². The molecular weight excluding hydrogens is 970 g/mol. The van der Waals surface area contributed by atoms with Gasteiger partial charge in [-0.15, -0.1) is 0 Å². The van der Waals surface area contributed by atoms with E-state index in [2.05, 4.69) is 18.9 Å². The summed E-state index contributed by atoms with van der Waals surface area (Å²) in [5.41, 5.74) is -59.3. The number of aliphatic hydroxyl groups is 2. The van der Waals surface area contributed by atoms with Gasteiger partial charge in [0.1, 0.15) is 6.10 Å². The molecule has 63 heavy (non-hydrogen) atoms. The van der Waals surface area contributed by atoms with Crippen LogP contribution in [0.25, 0.3) is 0 Å². The van der Waals surface area contributed by atoms with Gasteiger partial charge in [-0.05, 0) is 6.42 Å². The number of hydrogen-bond donors (Lipinski definition) is 2. The number of aliphatic hydroxyl groups excluding tert-OH is 2. The van der Waals surface area contributed by atoms with Crippen molar-refractivity contribution in [2.45, 2.75) is 123 Å². The molecular formula is C29H18F26O8. The molecule has 12 unspecified atom stereocenters. The van der Waals surface area contributed by atoms with Gasteiger partial charge in [0.15, 0.2) is 0 Å². The third-order valence-corrected chi connectivity index (χ3v) is 12.2. The van der Waals surface area contributed by atoms with Crippen molar-refractivity contribution in [2.75, 3.05) is 39.6 Å². The second kappa shape index (κ2) is 12.2. The number of carbonyl (C=O) groups excluding carboxylic acids is 2. The molecule has 364 valence electrons. The van der Waals surface area contributed by atoms with Crippen molar-refractivity contribution in [2.24, 2.45) is 0 Å². The Morgan fingerprint density at radius 2 is 0.635 bits per heavy atom. The predicted molar refractivity (Wildman–Crippen MR) is 138 cm³/mol. The van der Waals surface area contributed by atoms with E-state index in [4.69, 9.17) is 0 Å². The molecule has 0 saturated heterocycles. The Morgan fingerprint density at radius 1 is 0.349 bits per heavy atom. The second-order valence-corrected chi connectivity index (χ2v) is 15.1. The second-order valence-electron chi connectivity index (χ2n) is 15.1. The molecule has 8 saturated carbocycles. The SMILES string of the molecule is O=C1C2(F)C(F)(F)C3(F)C(F)(F)C1(F)C(F)(OCC(O)CCOCCOCC(O)COC1(F)C4(F)C(=O)C5(F)C(F)(F)C(F)(C4(F)F)C(F)(F)C1(F)C5(F)F)C(F)(C2(F)F)C3(F)F. The summed E-state index contributed by atoms with van der Waals surface area (Å²) in [4.78, 5) is 24.2. The molecule has 0 radical (unpaired) electrons.